The predicted molar refractivity (Wildman–Crippen MR) is 57.7 cm³/mol. The summed E-state index contributed by atoms with van der Waals surface area (Å²) in [6.45, 7) is 0. The Hall–Kier alpha value is -0.940. The van der Waals surface area contributed by atoms with E-state index < -0.39 is 24.7 Å². The van der Waals surface area contributed by atoms with Gasteiger partial charge in [-0.2, -0.15) is 0 Å². The van der Waals surface area contributed by atoms with E-state index in [1.807, 2.05) is 0 Å². The van der Waals surface area contributed by atoms with Crippen molar-refractivity contribution >= 4 is 12.4 Å². The van der Waals surface area contributed by atoms with Crippen LogP contribution in [0.5, 0.6) is 5.75 Å². The molecule has 1 atom stereocenters. The average molecular weight is 256 g/mol. The minimum Gasteiger partial charge on any atom is -0.497 e. The van der Waals surface area contributed by atoms with Crippen LogP contribution in [0.1, 0.15) is 18.0 Å². The highest BCUT2D eigenvalue weighted by Gasteiger charge is 2.16. The Balaban J connectivity index is 0.00000225. The van der Waals surface area contributed by atoms with Crippen molar-refractivity contribution in [2.75, 3.05) is 7.11 Å². The molecule has 6 heteroatoms. The van der Waals surface area contributed by atoms with E-state index in [1.165, 1.54) is 19.2 Å². The second-order valence-corrected chi connectivity index (χ2v) is 3.12. The van der Waals surface area contributed by atoms with E-state index in [9.17, 15) is 13.2 Å². The molecule has 1 rings (SSSR count). The highest BCUT2D eigenvalue weighted by Crippen LogP contribution is 2.24. The van der Waals surface area contributed by atoms with E-state index in [-0.39, 0.29) is 18.0 Å². The van der Waals surface area contributed by atoms with E-state index >= 15 is 0 Å². The number of hydrogen-bond donors (Lipinski definition) is 1. The maximum Gasteiger partial charge on any atom is 0.240 e. The molecule has 92 valence electrons. The van der Waals surface area contributed by atoms with Crippen molar-refractivity contribution in [2.24, 2.45) is 5.73 Å². The normalized spacial score (nSPS) is 12.1. The molecular weight excluding hydrogens is 243 g/mol. The zero-order chi connectivity index (χ0) is 11.4. The van der Waals surface area contributed by atoms with Crippen LogP contribution in [0, 0.1) is 5.82 Å². The maximum atomic E-state index is 13.3. The zero-order valence-corrected chi connectivity index (χ0v) is 9.44. The summed E-state index contributed by atoms with van der Waals surface area (Å²) in [6.07, 6.45) is -3.09. The lowest BCUT2D eigenvalue weighted by molar-refractivity contribution is 0.128. The van der Waals surface area contributed by atoms with Gasteiger partial charge in [0.05, 0.1) is 7.11 Å². The van der Waals surface area contributed by atoms with E-state index in [0.29, 0.717) is 5.75 Å². The number of hydrogen-bond acceptors (Lipinski definition) is 2. The zero-order valence-electron chi connectivity index (χ0n) is 8.62. The fourth-order valence-corrected chi connectivity index (χ4v) is 1.25. The van der Waals surface area contributed by atoms with Crippen molar-refractivity contribution in [3.63, 3.8) is 0 Å². The predicted octanol–water partition coefficient (Wildman–Crippen LogP) is 2.91. The summed E-state index contributed by atoms with van der Waals surface area (Å²) in [6, 6.07) is 2.99. The quantitative estimate of drug-likeness (QED) is 0.898. The number of halogens is 4. The summed E-state index contributed by atoms with van der Waals surface area (Å²) in [5.41, 5.74) is 5.51. The van der Waals surface area contributed by atoms with Crippen LogP contribution in [0.15, 0.2) is 18.2 Å². The van der Waals surface area contributed by atoms with Gasteiger partial charge < -0.3 is 10.5 Å². The van der Waals surface area contributed by atoms with Crippen molar-refractivity contribution in [3.8, 4) is 5.75 Å². The Labute approximate surface area is 98.0 Å². The molecule has 0 radical (unpaired) electrons. The summed E-state index contributed by atoms with van der Waals surface area (Å²) in [4.78, 5) is 0. The first-order chi connectivity index (χ1) is 7.04. The molecule has 0 aliphatic heterocycles. The lowest BCUT2D eigenvalue weighted by Crippen LogP contribution is -2.15. The molecule has 0 fully saturated rings. The molecule has 0 amide bonds. The smallest absolute Gasteiger partial charge is 0.240 e. The highest BCUT2D eigenvalue weighted by molar-refractivity contribution is 5.85. The lowest BCUT2D eigenvalue weighted by atomic mass is 10.0. The molecule has 0 unspecified atom stereocenters. The largest absolute Gasteiger partial charge is 0.497 e. The van der Waals surface area contributed by atoms with Crippen LogP contribution in [0.4, 0.5) is 13.2 Å². The molecule has 0 bridgehead atoms. The first-order valence-electron chi connectivity index (χ1n) is 4.41. The SMILES string of the molecule is COc1ccc([C@@H](N)CC(F)F)c(F)c1.Cl. The average Bonchev–Trinajstić information content (AvgIpc) is 2.16. The van der Waals surface area contributed by atoms with E-state index in [2.05, 4.69) is 0 Å². The second-order valence-electron chi connectivity index (χ2n) is 3.12. The summed E-state index contributed by atoms with van der Waals surface area (Å²) >= 11 is 0. The van der Waals surface area contributed by atoms with Crippen LogP contribution in [0.2, 0.25) is 0 Å². The third-order valence-electron chi connectivity index (χ3n) is 2.04. The number of nitrogens with two attached hydrogens (primary N) is 1. The number of alkyl halides is 2. The van der Waals surface area contributed by atoms with Gasteiger partial charge in [0.1, 0.15) is 11.6 Å². The highest BCUT2D eigenvalue weighted by atomic mass is 35.5. The van der Waals surface area contributed by atoms with Gasteiger partial charge in [0.25, 0.3) is 0 Å². The van der Waals surface area contributed by atoms with Crippen LogP contribution in [-0.2, 0) is 0 Å². The molecule has 2 N–H and O–H groups in total. The molecule has 1 aromatic rings. The van der Waals surface area contributed by atoms with Gasteiger partial charge in [0.2, 0.25) is 6.43 Å². The van der Waals surface area contributed by atoms with Crippen molar-refractivity contribution in [1.29, 1.82) is 0 Å². The molecule has 0 aromatic heterocycles. The molecule has 2 nitrogen and oxygen atoms in total. The fraction of sp³-hybridized carbons (Fsp3) is 0.400. The van der Waals surface area contributed by atoms with Crippen molar-refractivity contribution in [1.82, 2.24) is 0 Å². The second kappa shape index (κ2) is 6.60. The van der Waals surface area contributed by atoms with Gasteiger partial charge in [-0.3, -0.25) is 0 Å². The Bertz CT molecular complexity index is 336. The van der Waals surface area contributed by atoms with Crippen LogP contribution in [0.3, 0.4) is 0 Å². The monoisotopic (exact) mass is 255 g/mol. The molecule has 0 saturated heterocycles. The lowest BCUT2D eigenvalue weighted by Gasteiger charge is -2.12. The topological polar surface area (TPSA) is 35.2 Å². The van der Waals surface area contributed by atoms with Gasteiger partial charge in [-0.25, -0.2) is 13.2 Å². The fourth-order valence-electron chi connectivity index (χ4n) is 1.25. The maximum absolute atomic E-state index is 13.3. The Morgan fingerprint density at radius 2 is 2.00 bits per heavy atom. The molecule has 0 spiro atoms. The van der Waals surface area contributed by atoms with Gasteiger partial charge in [-0.15, -0.1) is 12.4 Å². The van der Waals surface area contributed by atoms with Gasteiger partial charge in [0, 0.05) is 24.1 Å². The van der Waals surface area contributed by atoms with Crippen LogP contribution in [-0.4, -0.2) is 13.5 Å². The molecule has 16 heavy (non-hydrogen) atoms. The van der Waals surface area contributed by atoms with Gasteiger partial charge in [-0.05, 0) is 6.07 Å². The van der Waals surface area contributed by atoms with E-state index in [1.54, 1.807) is 0 Å². The van der Waals surface area contributed by atoms with Gasteiger partial charge in [0.15, 0.2) is 0 Å². The summed E-state index contributed by atoms with van der Waals surface area (Å²) in [5, 5.41) is 0. The summed E-state index contributed by atoms with van der Waals surface area (Å²) < 4.78 is 42.2. The summed E-state index contributed by atoms with van der Waals surface area (Å²) in [5.74, 6) is -0.289. The van der Waals surface area contributed by atoms with E-state index in [4.69, 9.17) is 10.5 Å². The van der Waals surface area contributed by atoms with Crippen LogP contribution in [0.25, 0.3) is 0 Å². The Kier molecular flexibility index (Phi) is 6.21. The number of methoxy groups -OCH3 is 1. The molecule has 1 aromatic carbocycles. The van der Waals surface area contributed by atoms with Crippen LogP contribution >= 0.6 is 12.4 Å². The summed E-state index contributed by atoms with van der Waals surface area (Å²) in [7, 11) is 1.40. The molecule has 0 heterocycles. The standard InChI is InChI=1S/C10H12F3NO.ClH/c1-15-6-2-3-7(8(11)4-6)9(14)5-10(12)13;/h2-4,9-10H,5,14H2,1H3;1H/t9-;/m0./s1. The molecule has 0 saturated carbocycles. The minimum atomic E-state index is -2.54. The number of rotatable bonds is 4. The van der Waals surface area contributed by atoms with Crippen LogP contribution < -0.4 is 10.5 Å². The first-order valence-corrected chi connectivity index (χ1v) is 4.41. The Morgan fingerprint density at radius 3 is 2.44 bits per heavy atom. The molecule has 0 aliphatic rings. The van der Waals surface area contributed by atoms with Crippen molar-refractivity contribution in [2.45, 2.75) is 18.9 Å². The van der Waals surface area contributed by atoms with Gasteiger partial charge in [-0.1, -0.05) is 6.07 Å². The van der Waals surface area contributed by atoms with Crippen molar-refractivity contribution in [3.05, 3.63) is 29.6 Å². The molecular formula is C10H13ClF3NO. The third-order valence-corrected chi connectivity index (χ3v) is 2.04. The number of ether oxygens (including phenoxy) is 1. The Morgan fingerprint density at radius 1 is 1.38 bits per heavy atom. The van der Waals surface area contributed by atoms with Gasteiger partial charge >= 0.3 is 0 Å². The first kappa shape index (κ1) is 15.1. The third kappa shape index (κ3) is 3.90. The van der Waals surface area contributed by atoms with Crippen molar-refractivity contribution < 1.29 is 17.9 Å². The molecule has 0 aliphatic carbocycles. The number of benzene rings is 1. The van der Waals surface area contributed by atoms with E-state index in [0.717, 1.165) is 6.07 Å². The minimum absolute atomic E-state index is 0.